The lowest BCUT2D eigenvalue weighted by Gasteiger charge is -2.34. The van der Waals surface area contributed by atoms with Gasteiger partial charge < -0.3 is 14.7 Å². The van der Waals surface area contributed by atoms with Crippen LogP contribution in [0.15, 0.2) is 12.3 Å². The zero-order valence-corrected chi connectivity index (χ0v) is 11.9. The van der Waals surface area contributed by atoms with Gasteiger partial charge in [-0.25, -0.2) is 4.79 Å². The van der Waals surface area contributed by atoms with Gasteiger partial charge in [0, 0.05) is 12.7 Å². The second-order valence-corrected chi connectivity index (χ2v) is 5.88. The van der Waals surface area contributed by atoms with E-state index >= 15 is 0 Å². The molecule has 0 saturated heterocycles. The average Bonchev–Trinajstić information content (AvgIpc) is 2.73. The van der Waals surface area contributed by atoms with Crippen LogP contribution in [0.2, 0.25) is 0 Å². The van der Waals surface area contributed by atoms with Crippen molar-refractivity contribution in [3.8, 4) is 0 Å². The number of carbonyl (C=O) groups is 2. The highest BCUT2D eigenvalue weighted by Crippen LogP contribution is 2.24. The lowest BCUT2D eigenvalue weighted by molar-refractivity contribution is -0.138. The molecule has 0 radical (unpaired) electrons. The molecule has 0 spiro atoms. The molecule has 0 unspecified atom stereocenters. The maximum absolute atomic E-state index is 12.1. The molecule has 1 aliphatic heterocycles. The van der Waals surface area contributed by atoms with Crippen LogP contribution in [0.1, 0.15) is 38.9 Å². The van der Waals surface area contributed by atoms with Crippen molar-refractivity contribution in [2.75, 3.05) is 6.54 Å². The summed E-state index contributed by atoms with van der Waals surface area (Å²) in [7, 11) is 0. The number of carboxylic acid groups (broad SMARTS) is 1. The smallest absolute Gasteiger partial charge is 0.410 e. The first kappa shape index (κ1) is 14.4. The Hall–Kier alpha value is -2.05. The van der Waals surface area contributed by atoms with E-state index in [-0.39, 0.29) is 19.0 Å². The lowest BCUT2D eigenvalue weighted by atomic mass is 10.1. The SMILES string of the molecule is CC(C)(C)OC(=O)N1Cc2ccnn2[C@H](CC(=O)O)C1. The minimum atomic E-state index is -0.914. The molecule has 1 aliphatic rings. The van der Waals surface area contributed by atoms with Crippen LogP contribution in [0, 0.1) is 0 Å². The van der Waals surface area contributed by atoms with E-state index in [0.29, 0.717) is 6.54 Å². The van der Waals surface area contributed by atoms with Gasteiger partial charge in [-0.15, -0.1) is 0 Å². The van der Waals surface area contributed by atoms with Crippen molar-refractivity contribution >= 4 is 12.1 Å². The molecule has 0 aromatic carbocycles. The van der Waals surface area contributed by atoms with Gasteiger partial charge in [-0.2, -0.15) is 5.10 Å². The first-order valence-electron chi connectivity index (χ1n) is 6.48. The zero-order chi connectivity index (χ0) is 14.9. The van der Waals surface area contributed by atoms with Crippen molar-refractivity contribution in [2.45, 2.75) is 45.4 Å². The van der Waals surface area contributed by atoms with E-state index in [1.807, 2.05) is 0 Å². The summed E-state index contributed by atoms with van der Waals surface area (Å²) in [5.74, 6) is -0.914. The number of carbonyl (C=O) groups excluding carboxylic acids is 1. The predicted molar refractivity (Wildman–Crippen MR) is 70.2 cm³/mol. The molecule has 2 heterocycles. The molecule has 1 aromatic heterocycles. The van der Waals surface area contributed by atoms with Gasteiger partial charge >= 0.3 is 12.1 Å². The van der Waals surface area contributed by atoms with Gasteiger partial charge in [0.05, 0.1) is 24.7 Å². The Kier molecular flexibility index (Phi) is 3.69. The number of aliphatic carboxylic acids is 1. The molecule has 0 bridgehead atoms. The second kappa shape index (κ2) is 5.15. The Morgan fingerprint density at radius 3 is 2.80 bits per heavy atom. The molecule has 20 heavy (non-hydrogen) atoms. The standard InChI is InChI=1S/C13H19N3O4/c1-13(2,3)20-12(19)15-7-9-4-5-14-16(9)10(8-15)6-11(17)18/h4-5,10H,6-8H2,1-3H3,(H,17,18)/t10-/m1/s1. The minimum Gasteiger partial charge on any atom is -0.481 e. The molecule has 7 nitrogen and oxygen atoms in total. The maximum atomic E-state index is 12.1. The first-order valence-corrected chi connectivity index (χ1v) is 6.48. The van der Waals surface area contributed by atoms with E-state index < -0.39 is 17.7 Å². The van der Waals surface area contributed by atoms with E-state index in [1.54, 1.807) is 37.7 Å². The summed E-state index contributed by atoms with van der Waals surface area (Å²) in [5.41, 5.74) is 0.241. The highest BCUT2D eigenvalue weighted by molar-refractivity contribution is 5.69. The van der Waals surface area contributed by atoms with E-state index in [1.165, 1.54) is 4.90 Å². The highest BCUT2D eigenvalue weighted by Gasteiger charge is 2.32. The fourth-order valence-electron chi connectivity index (χ4n) is 2.21. The molecular formula is C13H19N3O4. The van der Waals surface area contributed by atoms with Gasteiger partial charge in [-0.1, -0.05) is 0 Å². The van der Waals surface area contributed by atoms with Gasteiger partial charge in [0.15, 0.2) is 0 Å². The third kappa shape index (κ3) is 3.28. The van der Waals surface area contributed by atoms with Gasteiger partial charge in [-0.3, -0.25) is 9.48 Å². The third-order valence-corrected chi connectivity index (χ3v) is 2.94. The lowest BCUT2D eigenvalue weighted by Crippen LogP contribution is -2.44. The minimum absolute atomic E-state index is 0.0754. The Labute approximate surface area is 117 Å². The Balaban J connectivity index is 2.15. The number of fused-ring (bicyclic) bond motifs is 1. The first-order chi connectivity index (χ1) is 9.26. The fraction of sp³-hybridized carbons (Fsp3) is 0.615. The number of ether oxygens (including phenoxy) is 1. The van der Waals surface area contributed by atoms with Crippen molar-refractivity contribution in [2.24, 2.45) is 0 Å². The molecule has 0 saturated carbocycles. The van der Waals surface area contributed by atoms with E-state index in [9.17, 15) is 9.59 Å². The molecule has 110 valence electrons. The summed E-state index contributed by atoms with van der Waals surface area (Å²) >= 11 is 0. The Morgan fingerprint density at radius 2 is 2.20 bits per heavy atom. The quantitative estimate of drug-likeness (QED) is 0.891. The van der Waals surface area contributed by atoms with Gasteiger partial charge in [0.25, 0.3) is 0 Å². The average molecular weight is 281 g/mol. The molecule has 7 heteroatoms. The third-order valence-electron chi connectivity index (χ3n) is 2.94. The number of hydrogen-bond acceptors (Lipinski definition) is 4. The highest BCUT2D eigenvalue weighted by atomic mass is 16.6. The van der Waals surface area contributed by atoms with Gasteiger partial charge in [-0.05, 0) is 26.8 Å². The topological polar surface area (TPSA) is 84.7 Å². The number of nitrogens with zero attached hydrogens (tertiary/aromatic N) is 3. The van der Waals surface area contributed by atoms with Crippen LogP contribution in [0.3, 0.4) is 0 Å². The summed E-state index contributed by atoms with van der Waals surface area (Å²) in [5, 5.41) is 13.1. The van der Waals surface area contributed by atoms with E-state index in [0.717, 1.165) is 5.69 Å². The van der Waals surface area contributed by atoms with Crippen LogP contribution >= 0.6 is 0 Å². The summed E-state index contributed by atoms with van der Waals surface area (Å²) in [6.07, 6.45) is 1.11. The van der Waals surface area contributed by atoms with Crippen molar-refractivity contribution in [3.63, 3.8) is 0 Å². The molecule has 1 aromatic rings. The predicted octanol–water partition coefficient (Wildman–Crippen LogP) is 1.65. The van der Waals surface area contributed by atoms with Crippen molar-refractivity contribution in [1.82, 2.24) is 14.7 Å². The number of hydrogen-bond donors (Lipinski definition) is 1. The van der Waals surface area contributed by atoms with E-state index in [2.05, 4.69) is 5.10 Å². The zero-order valence-electron chi connectivity index (χ0n) is 11.9. The second-order valence-electron chi connectivity index (χ2n) is 5.88. The number of carboxylic acids is 1. The molecule has 1 amide bonds. The largest absolute Gasteiger partial charge is 0.481 e. The maximum Gasteiger partial charge on any atom is 0.410 e. The monoisotopic (exact) mass is 281 g/mol. The fourth-order valence-corrected chi connectivity index (χ4v) is 2.21. The van der Waals surface area contributed by atoms with Crippen LogP contribution in [0.25, 0.3) is 0 Å². The van der Waals surface area contributed by atoms with Crippen LogP contribution < -0.4 is 0 Å². The van der Waals surface area contributed by atoms with Crippen LogP contribution in [0.5, 0.6) is 0 Å². The Bertz CT molecular complexity index is 518. The van der Waals surface area contributed by atoms with Gasteiger partial charge in [0.2, 0.25) is 0 Å². The summed E-state index contributed by atoms with van der Waals surface area (Å²) in [6, 6.07) is 1.42. The van der Waals surface area contributed by atoms with Crippen LogP contribution in [0.4, 0.5) is 4.79 Å². The summed E-state index contributed by atoms with van der Waals surface area (Å²) in [4.78, 5) is 24.6. The normalized spacial score (nSPS) is 18.6. The summed E-state index contributed by atoms with van der Waals surface area (Å²) < 4.78 is 7.01. The molecule has 2 rings (SSSR count). The molecule has 1 atom stereocenters. The van der Waals surface area contributed by atoms with Crippen molar-refractivity contribution in [1.29, 1.82) is 0 Å². The number of aromatic nitrogens is 2. The van der Waals surface area contributed by atoms with Crippen LogP contribution in [-0.2, 0) is 16.1 Å². The number of amides is 1. The van der Waals surface area contributed by atoms with Crippen molar-refractivity contribution in [3.05, 3.63) is 18.0 Å². The van der Waals surface area contributed by atoms with Gasteiger partial charge in [0.1, 0.15) is 5.60 Å². The Morgan fingerprint density at radius 1 is 1.50 bits per heavy atom. The molecule has 1 N–H and O–H groups in total. The molecular weight excluding hydrogens is 262 g/mol. The number of rotatable bonds is 2. The molecule has 0 fully saturated rings. The van der Waals surface area contributed by atoms with Crippen LogP contribution in [-0.4, -0.2) is 44.0 Å². The summed E-state index contributed by atoms with van der Waals surface area (Å²) in [6.45, 7) is 6.07. The molecule has 0 aliphatic carbocycles. The van der Waals surface area contributed by atoms with Crippen molar-refractivity contribution < 1.29 is 19.4 Å². The van der Waals surface area contributed by atoms with E-state index in [4.69, 9.17) is 9.84 Å².